The number of alkyl halides is 1. The monoisotopic (exact) mass is 343 g/mol. The second-order valence-electron chi connectivity index (χ2n) is 7.15. The summed E-state index contributed by atoms with van der Waals surface area (Å²) in [6.07, 6.45) is 1.36. The highest BCUT2D eigenvalue weighted by atomic mass is 19.1. The molecule has 4 rings (SSSR count). The van der Waals surface area contributed by atoms with E-state index in [1.165, 1.54) is 0 Å². The summed E-state index contributed by atoms with van der Waals surface area (Å²) in [6, 6.07) is 11.5. The van der Waals surface area contributed by atoms with Gasteiger partial charge >= 0.3 is 0 Å². The summed E-state index contributed by atoms with van der Waals surface area (Å²) in [5.41, 5.74) is 0.466. The second-order valence-corrected chi connectivity index (χ2v) is 7.15. The van der Waals surface area contributed by atoms with Crippen LogP contribution < -0.4 is 4.74 Å². The van der Waals surface area contributed by atoms with E-state index in [9.17, 15) is 9.18 Å². The Kier molecular flexibility index (Phi) is 3.98. The molecule has 1 aliphatic heterocycles. The lowest BCUT2D eigenvalue weighted by molar-refractivity contribution is 0.0740. The lowest BCUT2D eigenvalue weighted by atomic mass is 10.2. The molecule has 1 saturated carbocycles. The van der Waals surface area contributed by atoms with Crippen molar-refractivity contribution in [2.45, 2.75) is 38.6 Å². The highest BCUT2D eigenvalue weighted by Gasteiger charge is 2.52. The van der Waals surface area contributed by atoms with Gasteiger partial charge in [-0.25, -0.2) is 4.39 Å². The van der Waals surface area contributed by atoms with Gasteiger partial charge in [0.25, 0.3) is 5.91 Å². The lowest BCUT2D eigenvalue weighted by Gasteiger charge is -2.20. The third kappa shape index (κ3) is 3.38. The van der Waals surface area contributed by atoms with Gasteiger partial charge in [0.1, 0.15) is 18.0 Å². The fourth-order valence-electron chi connectivity index (χ4n) is 3.33. The predicted octanol–water partition coefficient (Wildman–Crippen LogP) is 3.06. The van der Waals surface area contributed by atoms with Gasteiger partial charge in [0.05, 0.1) is 0 Å². The molecule has 2 heterocycles. The van der Waals surface area contributed by atoms with E-state index in [1.807, 2.05) is 30.3 Å². The zero-order valence-electron chi connectivity index (χ0n) is 14.3. The van der Waals surface area contributed by atoms with Crippen molar-refractivity contribution < 1.29 is 13.9 Å². The van der Waals surface area contributed by atoms with Gasteiger partial charge in [-0.1, -0.05) is 30.3 Å². The summed E-state index contributed by atoms with van der Waals surface area (Å²) < 4.78 is 21.3. The Labute approximate surface area is 146 Å². The molecule has 0 radical (unpaired) electrons. The van der Waals surface area contributed by atoms with Crippen molar-refractivity contribution in [3.63, 3.8) is 0 Å². The van der Waals surface area contributed by atoms with Crippen molar-refractivity contribution in [2.75, 3.05) is 13.1 Å². The van der Waals surface area contributed by atoms with Crippen LogP contribution in [-0.2, 0) is 13.2 Å². The average molecular weight is 343 g/mol. The molecule has 25 heavy (non-hydrogen) atoms. The molecule has 5 nitrogen and oxygen atoms in total. The molecule has 2 aliphatic rings. The van der Waals surface area contributed by atoms with E-state index >= 15 is 0 Å². The average Bonchev–Trinajstić information content (AvgIpc) is 3.05. The molecular formula is C19H22FN3O2. The van der Waals surface area contributed by atoms with Gasteiger partial charge < -0.3 is 9.64 Å². The molecule has 2 unspecified atom stereocenters. The number of hydrogen-bond acceptors (Lipinski definition) is 3. The van der Waals surface area contributed by atoms with E-state index in [0.717, 1.165) is 12.0 Å². The summed E-state index contributed by atoms with van der Waals surface area (Å²) >= 11 is 0. The summed E-state index contributed by atoms with van der Waals surface area (Å²) in [7, 11) is 0. The fraction of sp³-hybridized carbons (Fsp3) is 0.474. The number of rotatable bonds is 5. The molecule has 0 saturated heterocycles. The van der Waals surface area contributed by atoms with Gasteiger partial charge in [-0.05, 0) is 25.3 Å². The number of aromatic nitrogens is 2. The van der Waals surface area contributed by atoms with Crippen molar-refractivity contribution in [2.24, 2.45) is 5.92 Å². The Hall–Kier alpha value is -2.37. The van der Waals surface area contributed by atoms with Crippen molar-refractivity contribution in [1.29, 1.82) is 0 Å². The summed E-state index contributed by atoms with van der Waals surface area (Å²) in [5.74, 6) is 0.331. The van der Waals surface area contributed by atoms with Crippen LogP contribution in [0.1, 0.15) is 35.8 Å². The predicted molar refractivity (Wildman–Crippen MR) is 91.1 cm³/mol. The van der Waals surface area contributed by atoms with Crippen LogP contribution >= 0.6 is 0 Å². The smallest absolute Gasteiger partial charge is 0.272 e. The number of benzene rings is 1. The van der Waals surface area contributed by atoms with Crippen LogP contribution in [0.5, 0.6) is 5.88 Å². The molecule has 2 atom stereocenters. The van der Waals surface area contributed by atoms with Gasteiger partial charge in [0, 0.05) is 31.6 Å². The zero-order valence-corrected chi connectivity index (χ0v) is 14.3. The van der Waals surface area contributed by atoms with Gasteiger partial charge in [-0.15, -0.1) is 5.10 Å². The maximum absolute atomic E-state index is 13.8. The lowest BCUT2D eigenvalue weighted by Crippen LogP contribution is -2.34. The summed E-state index contributed by atoms with van der Waals surface area (Å²) in [5, 5.41) is 4.41. The van der Waals surface area contributed by atoms with E-state index < -0.39 is 5.67 Å². The summed E-state index contributed by atoms with van der Waals surface area (Å²) in [6.45, 7) is 3.83. The molecule has 0 bridgehead atoms. The van der Waals surface area contributed by atoms with Crippen LogP contribution in [0.15, 0.2) is 36.4 Å². The molecule has 2 aromatic rings. The molecule has 0 spiro atoms. The molecular weight excluding hydrogens is 321 g/mol. The number of amides is 1. The first-order chi connectivity index (χ1) is 12.0. The Morgan fingerprint density at radius 1 is 1.32 bits per heavy atom. The van der Waals surface area contributed by atoms with E-state index in [2.05, 4.69) is 5.10 Å². The van der Waals surface area contributed by atoms with E-state index in [1.54, 1.807) is 22.6 Å². The third-order valence-corrected chi connectivity index (χ3v) is 5.07. The van der Waals surface area contributed by atoms with E-state index in [0.29, 0.717) is 44.2 Å². The molecule has 6 heteroatoms. The molecule has 1 aliphatic carbocycles. The number of nitrogens with zero attached hydrogens (tertiary/aromatic N) is 3. The van der Waals surface area contributed by atoms with Gasteiger partial charge in [0.15, 0.2) is 0 Å². The SMILES string of the molecule is CC1(F)CC1CN1CCCn2nc(OCc3ccccc3)cc2C1=O. The molecule has 1 aromatic carbocycles. The molecule has 132 valence electrons. The number of fused-ring (bicyclic) bond motifs is 1. The Bertz CT molecular complexity index is 772. The first kappa shape index (κ1) is 16.1. The largest absolute Gasteiger partial charge is 0.472 e. The van der Waals surface area contributed by atoms with E-state index in [4.69, 9.17) is 4.74 Å². The minimum atomic E-state index is -1.11. The number of aryl methyl sites for hydroxylation is 1. The maximum Gasteiger partial charge on any atom is 0.272 e. The van der Waals surface area contributed by atoms with Crippen molar-refractivity contribution in [3.05, 3.63) is 47.7 Å². The quantitative estimate of drug-likeness (QED) is 0.838. The molecule has 0 N–H and O–H groups in total. The van der Waals surface area contributed by atoms with Gasteiger partial charge in [0.2, 0.25) is 5.88 Å². The summed E-state index contributed by atoms with van der Waals surface area (Å²) in [4.78, 5) is 14.5. The second kappa shape index (κ2) is 6.17. The van der Waals surface area contributed by atoms with Crippen LogP contribution in [0.2, 0.25) is 0 Å². The van der Waals surface area contributed by atoms with Crippen LogP contribution in [0.3, 0.4) is 0 Å². The number of hydrogen-bond donors (Lipinski definition) is 0. The van der Waals surface area contributed by atoms with Crippen LogP contribution in [0.4, 0.5) is 4.39 Å². The normalized spacial score (nSPS) is 25.4. The Morgan fingerprint density at radius 2 is 2.08 bits per heavy atom. The Balaban J connectivity index is 1.45. The first-order valence-corrected chi connectivity index (χ1v) is 8.76. The highest BCUT2D eigenvalue weighted by Crippen LogP contribution is 2.47. The van der Waals surface area contributed by atoms with Crippen molar-refractivity contribution in [3.8, 4) is 5.88 Å². The standard InChI is InChI=1S/C19H22FN3O2/c1-19(20)11-15(19)12-22-8-5-9-23-16(18(22)24)10-17(21-23)25-13-14-6-3-2-4-7-14/h2-4,6-7,10,15H,5,8-9,11-13H2,1H3. The van der Waals surface area contributed by atoms with Gasteiger partial charge in [-0.2, -0.15) is 0 Å². The zero-order chi connectivity index (χ0) is 17.4. The maximum atomic E-state index is 13.8. The van der Waals surface area contributed by atoms with Crippen LogP contribution in [0, 0.1) is 5.92 Å². The third-order valence-electron chi connectivity index (χ3n) is 5.07. The van der Waals surface area contributed by atoms with Gasteiger partial charge in [-0.3, -0.25) is 9.48 Å². The number of ether oxygens (including phenoxy) is 1. The topological polar surface area (TPSA) is 47.4 Å². The Morgan fingerprint density at radius 3 is 2.80 bits per heavy atom. The molecule has 1 aromatic heterocycles. The molecule has 1 fully saturated rings. The number of carbonyl (C=O) groups excluding carboxylic acids is 1. The fourth-order valence-corrected chi connectivity index (χ4v) is 3.33. The first-order valence-electron chi connectivity index (χ1n) is 8.76. The molecule has 1 amide bonds. The van der Waals surface area contributed by atoms with Crippen LogP contribution in [0.25, 0.3) is 0 Å². The minimum Gasteiger partial charge on any atom is -0.472 e. The van der Waals surface area contributed by atoms with E-state index in [-0.39, 0.29) is 11.8 Å². The highest BCUT2D eigenvalue weighted by molar-refractivity contribution is 5.93. The van der Waals surface area contributed by atoms with Crippen molar-refractivity contribution >= 4 is 5.91 Å². The van der Waals surface area contributed by atoms with Crippen LogP contribution in [-0.4, -0.2) is 39.3 Å². The minimum absolute atomic E-state index is 0.0419. The van der Waals surface area contributed by atoms with Crippen molar-refractivity contribution in [1.82, 2.24) is 14.7 Å². The number of halogens is 1. The number of carbonyl (C=O) groups is 1.